The quantitative estimate of drug-likeness (QED) is 0.623. The van der Waals surface area contributed by atoms with E-state index in [4.69, 9.17) is 5.84 Å². The number of benzene rings is 2. The molecule has 0 aliphatic rings. The van der Waals surface area contributed by atoms with Crippen LogP contribution in [0.3, 0.4) is 0 Å². The highest BCUT2D eigenvalue weighted by atomic mass is 16.3. The van der Waals surface area contributed by atoms with Gasteiger partial charge in [-0.3, -0.25) is 0 Å². The fourth-order valence-electron chi connectivity index (χ4n) is 1.67. The lowest BCUT2D eigenvalue weighted by atomic mass is 10.1. The summed E-state index contributed by atoms with van der Waals surface area (Å²) in [7, 11) is 0. The number of hydrazine groups is 1. The summed E-state index contributed by atoms with van der Waals surface area (Å²) in [5.74, 6) is 6.20. The third-order valence-corrected chi connectivity index (χ3v) is 2.67. The molecule has 0 spiro atoms. The largest absolute Gasteiger partial charge is 0.508 e. The van der Waals surface area contributed by atoms with E-state index in [1.165, 1.54) is 5.56 Å². The molecule has 0 fully saturated rings. The van der Waals surface area contributed by atoms with Crippen molar-refractivity contribution in [1.82, 2.24) is 0 Å². The Kier molecular flexibility index (Phi) is 3.62. The molecule has 0 saturated heterocycles. The van der Waals surface area contributed by atoms with Crippen LogP contribution in [-0.2, 0) is 6.42 Å². The van der Waals surface area contributed by atoms with E-state index in [2.05, 4.69) is 12.1 Å². The molecular formula is C14H16N2O. The van der Waals surface area contributed by atoms with Crippen LogP contribution in [0.2, 0.25) is 0 Å². The zero-order chi connectivity index (χ0) is 12.1. The standard InChI is InChI=1S/C14H16N2O/c15-16(13-6-8-14(17)9-7-13)11-10-12-4-2-1-3-5-12/h1-9,17H,10-11,15H2. The van der Waals surface area contributed by atoms with Crippen LogP contribution in [0.5, 0.6) is 5.75 Å². The van der Waals surface area contributed by atoms with Crippen LogP contribution in [0.1, 0.15) is 5.56 Å². The van der Waals surface area contributed by atoms with E-state index in [0.29, 0.717) is 0 Å². The number of rotatable bonds is 4. The highest BCUT2D eigenvalue weighted by Crippen LogP contribution is 2.16. The van der Waals surface area contributed by atoms with E-state index in [0.717, 1.165) is 18.7 Å². The van der Waals surface area contributed by atoms with Crippen molar-refractivity contribution < 1.29 is 5.11 Å². The van der Waals surface area contributed by atoms with Gasteiger partial charge in [-0.25, -0.2) is 5.84 Å². The molecule has 0 amide bonds. The van der Waals surface area contributed by atoms with Gasteiger partial charge in [0.05, 0.1) is 5.69 Å². The van der Waals surface area contributed by atoms with Crippen molar-refractivity contribution in [2.24, 2.45) is 5.84 Å². The Morgan fingerprint density at radius 1 is 0.941 bits per heavy atom. The number of anilines is 1. The maximum atomic E-state index is 9.19. The molecule has 0 unspecified atom stereocenters. The highest BCUT2D eigenvalue weighted by Gasteiger charge is 2.01. The smallest absolute Gasteiger partial charge is 0.115 e. The normalized spacial score (nSPS) is 10.2. The van der Waals surface area contributed by atoms with Crippen molar-refractivity contribution in [3.8, 4) is 5.75 Å². The second-order valence-electron chi connectivity index (χ2n) is 3.95. The fourth-order valence-corrected chi connectivity index (χ4v) is 1.67. The van der Waals surface area contributed by atoms with Crippen LogP contribution in [0.15, 0.2) is 54.6 Å². The molecule has 0 saturated carbocycles. The van der Waals surface area contributed by atoms with Gasteiger partial charge in [0.15, 0.2) is 0 Å². The third kappa shape index (κ3) is 3.23. The molecule has 2 aromatic carbocycles. The van der Waals surface area contributed by atoms with Gasteiger partial charge in [0, 0.05) is 6.54 Å². The molecule has 0 bridgehead atoms. The predicted molar refractivity (Wildman–Crippen MR) is 69.8 cm³/mol. The number of phenols is 1. The number of nitrogens with two attached hydrogens (primary N) is 1. The first-order valence-electron chi connectivity index (χ1n) is 5.61. The Labute approximate surface area is 101 Å². The van der Waals surface area contributed by atoms with Crippen molar-refractivity contribution in [3.63, 3.8) is 0 Å². The Balaban J connectivity index is 1.93. The zero-order valence-electron chi connectivity index (χ0n) is 9.58. The molecule has 3 nitrogen and oxygen atoms in total. The van der Waals surface area contributed by atoms with Crippen molar-refractivity contribution in [3.05, 3.63) is 60.2 Å². The van der Waals surface area contributed by atoms with Gasteiger partial charge < -0.3 is 10.1 Å². The molecule has 0 atom stereocenters. The Morgan fingerprint density at radius 3 is 2.24 bits per heavy atom. The average Bonchev–Trinajstić information content (AvgIpc) is 2.38. The summed E-state index contributed by atoms with van der Waals surface area (Å²) in [4.78, 5) is 0. The second kappa shape index (κ2) is 5.37. The van der Waals surface area contributed by atoms with Gasteiger partial charge in [-0.15, -0.1) is 0 Å². The summed E-state index contributed by atoms with van der Waals surface area (Å²) in [5.41, 5.74) is 2.17. The Hall–Kier alpha value is -2.00. The van der Waals surface area contributed by atoms with Crippen LogP contribution < -0.4 is 10.9 Å². The van der Waals surface area contributed by atoms with Gasteiger partial charge in [-0.1, -0.05) is 30.3 Å². The lowest BCUT2D eigenvalue weighted by Gasteiger charge is -2.18. The molecule has 88 valence electrons. The van der Waals surface area contributed by atoms with Gasteiger partial charge in [-0.05, 0) is 36.2 Å². The predicted octanol–water partition coefficient (Wildman–Crippen LogP) is 2.32. The van der Waals surface area contributed by atoms with E-state index >= 15 is 0 Å². The first-order chi connectivity index (χ1) is 8.25. The lowest BCUT2D eigenvalue weighted by Crippen LogP contribution is -2.32. The van der Waals surface area contributed by atoms with Gasteiger partial charge in [0.1, 0.15) is 5.75 Å². The SMILES string of the molecule is NN(CCc1ccccc1)c1ccc(O)cc1. The number of nitrogens with zero attached hydrogens (tertiary/aromatic N) is 1. The molecule has 0 radical (unpaired) electrons. The third-order valence-electron chi connectivity index (χ3n) is 2.67. The molecule has 2 aromatic rings. The van der Waals surface area contributed by atoms with E-state index in [1.807, 2.05) is 18.2 Å². The van der Waals surface area contributed by atoms with Gasteiger partial charge >= 0.3 is 0 Å². The highest BCUT2D eigenvalue weighted by molar-refractivity contribution is 5.47. The molecule has 0 heterocycles. The summed E-state index contributed by atoms with van der Waals surface area (Å²) < 4.78 is 0. The molecule has 0 aliphatic carbocycles. The van der Waals surface area contributed by atoms with Crippen LogP contribution in [0, 0.1) is 0 Å². The molecule has 3 heteroatoms. The van der Waals surface area contributed by atoms with Crippen LogP contribution >= 0.6 is 0 Å². The molecular weight excluding hydrogens is 212 g/mol. The average molecular weight is 228 g/mol. The van der Waals surface area contributed by atoms with Crippen molar-refractivity contribution >= 4 is 5.69 Å². The molecule has 0 aromatic heterocycles. The van der Waals surface area contributed by atoms with Crippen LogP contribution in [-0.4, -0.2) is 11.7 Å². The number of hydrogen-bond donors (Lipinski definition) is 2. The summed E-state index contributed by atoms with van der Waals surface area (Å²) in [6, 6.07) is 17.1. The second-order valence-corrected chi connectivity index (χ2v) is 3.95. The van der Waals surface area contributed by atoms with Crippen LogP contribution in [0.4, 0.5) is 5.69 Å². The Bertz CT molecular complexity index is 453. The van der Waals surface area contributed by atoms with E-state index < -0.39 is 0 Å². The minimum atomic E-state index is 0.255. The topological polar surface area (TPSA) is 49.5 Å². The minimum Gasteiger partial charge on any atom is -0.508 e. The van der Waals surface area contributed by atoms with Gasteiger partial charge in [0.25, 0.3) is 0 Å². The molecule has 17 heavy (non-hydrogen) atoms. The summed E-state index contributed by atoms with van der Waals surface area (Å²) in [6.07, 6.45) is 0.901. The first-order valence-corrected chi connectivity index (χ1v) is 5.61. The first kappa shape index (κ1) is 11.5. The maximum absolute atomic E-state index is 9.19. The van der Waals surface area contributed by atoms with Crippen molar-refractivity contribution in [2.45, 2.75) is 6.42 Å². The van der Waals surface area contributed by atoms with E-state index in [9.17, 15) is 5.11 Å². The minimum absolute atomic E-state index is 0.255. The van der Waals surface area contributed by atoms with E-state index in [-0.39, 0.29) is 5.75 Å². The maximum Gasteiger partial charge on any atom is 0.115 e. The number of hydrogen-bond acceptors (Lipinski definition) is 3. The molecule has 2 rings (SSSR count). The number of aromatic hydroxyl groups is 1. The number of phenolic OH excluding ortho intramolecular Hbond substituents is 1. The van der Waals surface area contributed by atoms with E-state index in [1.54, 1.807) is 29.3 Å². The summed E-state index contributed by atoms with van der Waals surface area (Å²) in [5, 5.41) is 10.9. The monoisotopic (exact) mass is 228 g/mol. The fraction of sp³-hybridized carbons (Fsp3) is 0.143. The molecule has 3 N–H and O–H groups in total. The van der Waals surface area contributed by atoms with Gasteiger partial charge in [-0.2, -0.15) is 0 Å². The summed E-state index contributed by atoms with van der Waals surface area (Å²) in [6.45, 7) is 0.745. The molecule has 0 aliphatic heterocycles. The van der Waals surface area contributed by atoms with Crippen molar-refractivity contribution in [1.29, 1.82) is 0 Å². The van der Waals surface area contributed by atoms with Crippen molar-refractivity contribution in [2.75, 3.05) is 11.6 Å². The Morgan fingerprint density at radius 2 is 1.59 bits per heavy atom. The van der Waals surface area contributed by atoms with Gasteiger partial charge in [0.2, 0.25) is 0 Å². The lowest BCUT2D eigenvalue weighted by molar-refractivity contribution is 0.475. The zero-order valence-corrected chi connectivity index (χ0v) is 9.58. The van der Waals surface area contributed by atoms with Crippen LogP contribution in [0.25, 0.3) is 0 Å². The summed E-state index contributed by atoms with van der Waals surface area (Å²) >= 11 is 0.